The van der Waals surface area contributed by atoms with Gasteiger partial charge in [0.2, 0.25) is 0 Å². The minimum atomic E-state index is -1.75. The van der Waals surface area contributed by atoms with Gasteiger partial charge in [-0.25, -0.2) is 0 Å². The summed E-state index contributed by atoms with van der Waals surface area (Å²) in [6, 6.07) is 7.46. The molecule has 1 aromatic carbocycles. The Labute approximate surface area is 123 Å². The van der Waals surface area contributed by atoms with Gasteiger partial charge in [0, 0.05) is 6.42 Å². The predicted octanol–water partition coefficient (Wildman–Crippen LogP) is -1.41. The second-order valence-corrected chi connectivity index (χ2v) is 5.16. The molecule has 120 valence electrons. The molecular formula is C15H24O6. The molecule has 6 nitrogen and oxygen atoms in total. The van der Waals surface area contributed by atoms with Crippen LogP contribution in [0.5, 0.6) is 0 Å². The van der Waals surface area contributed by atoms with Crippen molar-refractivity contribution in [2.45, 2.75) is 50.3 Å². The van der Waals surface area contributed by atoms with Crippen molar-refractivity contribution in [3.63, 3.8) is 0 Å². The Bertz CT molecular complexity index is 407. The van der Waals surface area contributed by atoms with Crippen LogP contribution in [0.4, 0.5) is 0 Å². The normalized spacial score (nSPS) is 18.8. The summed E-state index contributed by atoms with van der Waals surface area (Å²) in [4.78, 5) is 0. The van der Waals surface area contributed by atoms with Gasteiger partial charge in [-0.3, -0.25) is 0 Å². The number of aliphatic hydroxyl groups is 6. The monoisotopic (exact) mass is 300 g/mol. The molecule has 0 saturated heterocycles. The summed E-state index contributed by atoms with van der Waals surface area (Å²) in [6.07, 6.45) is -7.00. The molecular weight excluding hydrogens is 276 g/mol. The van der Waals surface area contributed by atoms with Crippen LogP contribution in [0.15, 0.2) is 24.3 Å². The Morgan fingerprint density at radius 1 is 0.762 bits per heavy atom. The quantitative estimate of drug-likeness (QED) is 0.351. The van der Waals surface area contributed by atoms with E-state index in [4.69, 9.17) is 5.11 Å². The first-order valence-corrected chi connectivity index (χ1v) is 6.99. The van der Waals surface area contributed by atoms with Gasteiger partial charge in [0.25, 0.3) is 0 Å². The second kappa shape index (κ2) is 8.43. The number of hydrogen-bond donors (Lipinski definition) is 6. The number of rotatable bonds is 8. The van der Waals surface area contributed by atoms with Crippen molar-refractivity contribution in [2.75, 3.05) is 6.61 Å². The lowest BCUT2D eigenvalue weighted by atomic mass is 9.95. The van der Waals surface area contributed by atoms with E-state index in [0.717, 1.165) is 17.5 Å². The van der Waals surface area contributed by atoms with Crippen LogP contribution >= 0.6 is 0 Å². The van der Waals surface area contributed by atoms with Gasteiger partial charge in [0.05, 0.1) is 12.7 Å². The predicted molar refractivity (Wildman–Crippen MR) is 76.6 cm³/mol. The zero-order valence-electron chi connectivity index (χ0n) is 12.0. The van der Waals surface area contributed by atoms with Gasteiger partial charge in [-0.2, -0.15) is 0 Å². The number of benzene rings is 1. The summed E-state index contributed by atoms with van der Waals surface area (Å²) in [6.45, 7) is 1.28. The van der Waals surface area contributed by atoms with Crippen LogP contribution in [0.3, 0.4) is 0 Å². The first-order chi connectivity index (χ1) is 9.90. The molecule has 0 aliphatic rings. The van der Waals surface area contributed by atoms with Gasteiger partial charge in [0.1, 0.15) is 24.4 Å². The van der Waals surface area contributed by atoms with Crippen molar-refractivity contribution in [2.24, 2.45) is 0 Å². The van der Waals surface area contributed by atoms with E-state index < -0.39 is 37.1 Å². The Hall–Kier alpha value is -1.02. The third-order valence-corrected chi connectivity index (χ3v) is 3.55. The Morgan fingerprint density at radius 2 is 1.24 bits per heavy atom. The van der Waals surface area contributed by atoms with Crippen molar-refractivity contribution < 1.29 is 30.6 Å². The fourth-order valence-corrected chi connectivity index (χ4v) is 2.04. The second-order valence-electron chi connectivity index (χ2n) is 5.16. The fraction of sp³-hybridized carbons (Fsp3) is 0.600. The van der Waals surface area contributed by atoms with E-state index in [0.29, 0.717) is 0 Å². The maximum atomic E-state index is 9.91. The van der Waals surface area contributed by atoms with E-state index in [9.17, 15) is 25.5 Å². The highest BCUT2D eigenvalue weighted by Crippen LogP contribution is 2.13. The lowest BCUT2D eigenvalue weighted by Gasteiger charge is -2.28. The highest BCUT2D eigenvalue weighted by molar-refractivity contribution is 5.23. The van der Waals surface area contributed by atoms with Crippen LogP contribution in [0, 0.1) is 0 Å². The SMILES string of the molecule is CCc1ccc(CC(O)[C@H](O)[C@@H](O)[C@H](O)[C@H](O)CO)cc1. The Morgan fingerprint density at radius 3 is 1.71 bits per heavy atom. The molecule has 1 unspecified atom stereocenters. The molecule has 0 aromatic heterocycles. The van der Waals surface area contributed by atoms with Crippen molar-refractivity contribution in [1.82, 2.24) is 0 Å². The summed E-state index contributed by atoms with van der Waals surface area (Å²) in [7, 11) is 0. The number of aryl methyl sites for hydroxylation is 1. The average molecular weight is 300 g/mol. The molecule has 0 aliphatic heterocycles. The first kappa shape index (κ1) is 18.0. The van der Waals surface area contributed by atoms with Gasteiger partial charge >= 0.3 is 0 Å². The largest absolute Gasteiger partial charge is 0.394 e. The van der Waals surface area contributed by atoms with Crippen molar-refractivity contribution in [3.8, 4) is 0 Å². The highest BCUT2D eigenvalue weighted by atomic mass is 16.4. The van der Waals surface area contributed by atoms with Crippen LogP contribution in [0.2, 0.25) is 0 Å². The first-order valence-electron chi connectivity index (χ1n) is 6.99. The Balaban J connectivity index is 2.62. The molecule has 0 radical (unpaired) electrons. The molecule has 0 heterocycles. The van der Waals surface area contributed by atoms with E-state index >= 15 is 0 Å². The topological polar surface area (TPSA) is 121 Å². The third-order valence-electron chi connectivity index (χ3n) is 3.55. The van der Waals surface area contributed by atoms with Crippen molar-refractivity contribution >= 4 is 0 Å². The van der Waals surface area contributed by atoms with Gasteiger partial charge < -0.3 is 30.6 Å². The lowest BCUT2D eigenvalue weighted by molar-refractivity contribution is -0.139. The maximum absolute atomic E-state index is 9.91. The summed E-state index contributed by atoms with van der Waals surface area (Å²) in [5.74, 6) is 0. The Kier molecular flexibility index (Phi) is 7.24. The zero-order chi connectivity index (χ0) is 16.0. The van der Waals surface area contributed by atoms with Crippen LogP contribution < -0.4 is 0 Å². The highest BCUT2D eigenvalue weighted by Gasteiger charge is 2.33. The lowest BCUT2D eigenvalue weighted by Crippen LogP contribution is -2.50. The smallest absolute Gasteiger partial charge is 0.111 e. The molecule has 1 rings (SSSR count). The summed E-state index contributed by atoms with van der Waals surface area (Å²) >= 11 is 0. The number of hydrogen-bond acceptors (Lipinski definition) is 6. The van der Waals surface area contributed by atoms with Gasteiger partial charge in [-0.1, -0.05) is 31.2 Å². The van der Waals surface area contributed by atoms with Crippen LogP contribution in [0.25, 0.3) is 0 Å². The molecule has 21 heavy (non-hydrogen) atoms. The molecule has 1 aromatic rings. The minimum Gasteiger partial charge on any atom is -0.394 e. The average Bonchev–Trinajstić information content (AvgIpc) is 2.52. The maximum Gasteiger partial charge on any atom is 0.111 e. The van der Waals surface area contributed by atoms with Gasteiger partial charge in [0.15, 0.2) is 0 Å². The van der Waals surface area contributed by atoms with Gasteiger partial charge in [-0.15, -0.1) is 0 Å². The molecule has 0 fully saturated rings. The van der Waals surface area contributed by atoms with Crippen LogP contribution in [-0.4, -0.2) is 67.8 Å². The summed E-state index contributed by atoms with van der Waals surface area (Å²) < 4.78 is 0. The molecule has 5 atom stereocenters. The zero-order valence-corrected chi connectivity index (χ0v) is 12.0. The molecule has 0 spiro atoms. The van der Waals surface area contributed by atoms with Gasteiger partial charge in [-0.05, 0) is 17.5 Å². The molecule has 0 saturated carbocycles. The van der Waals surface area contributed by atoms with E-state index in [-0.39, 0.29) is 6.42 Å². The summed E-state index contributed by atoms with van der Waals surface area (Å²) in [5, 5.41) is 56.8. The third kappa shape index (κ3) is 5.03. The fourth-order valence-electron chi connectivity index (χ4n) is 2.04. The molecule has 6 heteroatoms. The van der Waals surface area contributed by atoms with E-state index in [2.05, 4.69) is 0 Å². The van der Waals surface area contributed by atoms with Crippen LogP contribution in [-0.2, 0) is 12.8 Å². The summed E-state index contributed by atoms with van der Waals surface area (Å²) in [5.41, 5.74) is 1.93. The van der Waals surface area contributed by atoms with Crippen LogP contribution in [0.1, 0.15) is 18.1 Å². The van der Waals surface area contributed by atoms with Crippen molar-refractivity contribution in [1.29, 1.82) is 0 Å². The molecule has 0 bridgehead atoms. The molecule has 0 aliphatic carbocycles. The van der Waals surface area contributed by atoms with E-state index in [1.54, 1.807) is 0 Å². The number of aliphatic hydroxyl groups excluding tert-OH is 6. The standard InChI is InChI=1S/C15H24O6/c1-2-9-3-5-10(6-4-9)7-11(17)13(19)15(21)14(20)12(18)8-16/h3-6,11-21H,2,7-8H2,1H3/t11?,12-,13+,14-,15-/m1/s1. The van der Waals surface area contributed by atoms with E-state index in [1.807, 2.05) is 31.2 Å². The molecule has 0 amide bonds. The molecule has 6 N–H and O–H groups in total. The van der Waals surface area contributed by atoms with E-state index in [1.165, 1.54) is 0 Å². The minimum absolute atomic E-state index is 0.101. The van der Waals surface area contributed by atoms with Crippen molar-refractivity contribution in [3.05, 3.63) is 35.4 Å².